The van der Waals surface area contributed by atoms with Crippen LogP contribution in [0, 0.1) is 27.7 Å². The van der Waals surface area contributed by atoms with Gasteiger partial charge in [-0.3, -0.25) is 19.4 Å². The molecule has 2 aromatic carbocycles. The van der Waals surface area contributed by atoms with Crippen LogP contribution >= 0.6 is 0 Å². The molecule has 0 fully saturated rings. The van der Waals surface area contributed by atoms with Crippen LogP contribution in [0.25, 0.3) is 0 Å². The van der Waals surface area contributed by atoms with E-state index in [1.165, 1.54) is 38.2 Å². The summed E-state index contributed by atoms with van der Waals surface area (Å²) in [6.07, 6.45) is 0. The second-order valence-corrected chi connectivity index (χ2v) is 9.27. The predicted octanol–water partition coefficient (Wildman–Crippen LogP) is 3.69. The van der Waals surface area contributed by atoms with Gasteiger partial charge in [0.05, 0.1) is 25.6 Å². The molecule has 2 aromatic rings. The van der Waals surface area contributed by atoms with Crippen LogP contribution < -0.4 is 9.80 Å². The van der Waals surface area contributed by atoms with Crippen molar-refractivity contribution in [3.63, 3.8) is 0 Å². The summed E-state index contributed by atoms with van der Waals surface area (Å²) in [5.41, 5.74) is 5.14. The van der Waals surface area contributed by atoms with Crippen LogP contribution in [0.5, 0.6) is 0 Å². The molecule has 0 N–H and O–H groups in total. The summed E-state index contributed by atoms with van der Waals surface area (Å²) in [5, 5.41) is 0. The average molecular weight is 559 g/mol. The number of aryl methyl sites for hydroxylation is 4. The second-order valence-electron chi connectivity index (χ2n) is 9.27. The Morgan fingerprint density at radius 1 is 0.600 bits per heavy atom. The van der Waals surface area contributed by atoms with E-state index in [1.54, 1.807) is 13.8 Å². The fourth-order valence-corrected chi connectivity index (χ4v) is 4.38. The van der Waals surface area contributed by atoms with Gasteiger partial charge < -0.3 is 18.9 Å². The lowest BCUT2D eigenvalue weighted by Crippen LogP contribution is -2.46. The first-order valence-corrected chi connectivity index (χ1v) is 12.8. The van der Waals surface area contributed by atoms with Crippen LogP contribution in [0.15, 0.2) is 36.4 Å². The standard InChI is InChI=1S/2C15H21NO4/c2*1-10-7-6-8-11(2)14(10)16(13(17)9-19-4)12(3)15(18)20-5/h2*6-8,12H,9H2,1-5H3. The van der Waals surface area contributed by atoms with Crippen molar-refractivity contribution < 1.29 is 38.1 Å². The molecular formula is C30H42N2O8. The zero-order valence-electron chi connectivity index (χ0n) is 25.2. The van der Waals surface area contributed by atoms with Crippen LogP contribution in [0.3, 0.4) is 0 Å². The van der Waals surface area contributed by atoms with E-state index in [1.807, 2.05) is 64.1 Å². The monoisotopic (exact) mass is 558 g/mol. The summed E-state index contributed by atoms with van der Waals surface area (Å²) in [6.45, 7) is 10.7. The third-order valence-electron chi connectivity index (χ3n) is 6.29. The maximum atomic E-state index is 12.3. The maximum absolute atomic E-state index is 12.3. The number of rotatable bonds is 10. The van der Waals surface area contributed by atoms with E-state index >= 15 is 0 Å². The van der Waals surface area contributed by atoms with Gasteiger partial charge in [-0.05, 0) is 63.8 Å². The molecule has 0 aliphatic rings. The first kappa shape index (κ1) is 34.3. The minimum absolute atomic E-state index is 0.0882. The lowest BCUT2D eigenvalue weighted by Gasteiger charge is -2.30. The van der Waals surface area contributed by atoms with E-state index in [4.69, 9.17) is 18.9 Å². The summed E-state index contributed by atoms with van der Waals surface area (Å²) < 4.78 is 19.3. The van der Waals surface area contributed by atoms with Gasteiger partial charge in [0.2, 0.25) is 0 Å². The normalized spacial score (nSPS) is 11.8. The Hall–Kier alpha value is -3.76. The molecule has 0 saturated heterocycles. The fraction of sp³-hybridized carbons (Fsp3) is 0.467. The van der Waals surface area contributed by atoms with E-state index < -0.39 is 24.0 Å². The Bertz CT molecular complexity index is 1050. The smallest absolute Gasteiger partial charge is 0.328 e. The maximum Gasteiger partial charge on any atom is 0.328 e. The Balaban J connectivity index is 0.000000400. The van der Waals surface area contributed by atoms with Gasteiger partial charge in [-0.2, -0.15) is 0 Å². The molecule has 220 valence electrons. The molecule has 0 radical (unpaired) electrons. The Morgan fingerprint density at radius 3 is 1.10 bits per heavy atom. The van der Waals surface area contributed by atoms with Crippen molar-refractivity contribution in [2.24, 2.45) is 0 Å². The lowest BCUT2D eigenvalue weighted by atomic mass is 10.1. The van der Waals surface area contributed by atoms with Gasteiger partial charge in [0.1, 0.15) is 25.3 Å². The van der Waals surface area contributed by atoms with Crippen molar-refractivity contribution in [1.29, 1.82) is 0 Å². The topological polar surface area (TPSA) is 112 Å². The van der Waals surface area contributed by atoms with E-state index in [0.29, 0.717) is 0 Å². The van der Waals surface area contributed by atoms with Gasteiger partial charge in [0, 0.05) is 14.2 Å². The van der Waals surface area contributed by atoms with Crippen molar-refractivity contribution in [3.8, 4) is 0 Å². The van der Waals surface area contributed by atoms with Crippen molar-refractivity contribution in [3.05, 3.63) is 58.7 Å². The quantitative estimate of drug-likeness (QED) is 0.406. The Labute approximate surface area is 237 Å². The highest BCUT2D eigenvalue weighted by Gasteiger charge is 2.31. The number of methoxy groups -OCH3 is 4. The molecule has 0 aliphatic heterocycles. The fourth-order valence-electron chi connectivity index (χ4n) is 4.38. The first-order chi connectivity index (χ1) is 18.9. The number of ether oxygens (including phenoxy) is 4. The number of hydrogen-bond donors (Lipinski definition) is 0. The first-order valence-electron chi connectivity index (χ1n) is 12.8. The van der Waals surface area contributed by atoms with Gasteiger partial charge in [-0.1, -0.05) is 36.4 Å². The van der Waals surface area contributed by atoms with Crippen molar-refractivity contribution in [2.45, 2.75) is 53.6 Å². The molecule has 10 heteroatoms. The number of anilines is 2. The number of para-hydroxylation sites is 2. The minimum atomic E-state index is -0.706. The molecule has 0 aromatic heterocycles. The average Bonchev–Trinajstić information content (AvgIpc) is 2.91. The molecule has 2 amide bonds. The van der Waals surface area contributed by atoms with Gasteiger partial charge in [-0.25, -0.2) is 9.59 Å². The van der Waals surface area contributed by atoms with E-state index in [-0.39, 0.29) is 25.0 Å². The van der Waals surface area contributed by atoms with Crippen LogP contribution in [-0.2, 0) is 38.1 Å². The molecule has 0 spiro atoms. The number of nitrogens with zero attached hydrogens (tertiary/aromatic N) is 2. The van der Waals surface area contributed by atoms with Crippen molar-refractivity contribution in [1.82, 2.24) is 0 Å². The molecule has 10 nitrogen and oxygen atoms in total. The SMILES string of the molecule is COCC(=O)N(c1c(C)cccc1C)C(C)C(=O)OC.COCC(=O)N(c1c(C)cccc1C)C(C)C(=O)OC. The second kappa shape index (κ2) is 16.4. The van der Waals surface area contributed by atoms with Crippen LogP contribution in [-0.4, -0.2) is 77.5 Å². The predicted molar refractivity (Wildman–Crippen MR) is 154 cm³/mol. The minimum Gasteiger partial charge on any atom is -0.467 e. The van der Waals surface area contributed by atoms with Crippen molar-refractivity contribution >= 4 is 35.1 Å². The summed E-state index contributed by atoms with van der Waals surface area (Å²) in [6, 6.07) is 10.0. The highest BCUT2D eigenvalue weighted by Crippen LogP contribution is 2.28. The molecule has 0 heterocycles. The largest absolute Gasteiger partial charge is 0.467 e. The Morgan fingerprint density at radius 2 is 0.875 bits per heavy atom. The van der Waals surface area contributed by atoms with Gasteiger partial charge in [0.15, 0.2) is 0 Å². The lowest BCUT2D eigenvalue weighted by molar-refractivity contribution is -0.143. The number of esters is 2. The molecule has 0 aliphatic carbocycles. The summed E-state index contributed by atoms with van der Waals surface area (Å²) in [4.78, 5) is 51.1. The summed E-state index contributed by atoms with van der Waals surface area (Å²) in [7, 11) is 5.51. The van der Waals surface area contributed by atoms with Gasteiger partial charge in [-0.15, -0.1) is 0 Å². The van der Waals surface area contributed by atoms with E-state index in [0.717, 1.165) is 33.6 Å². The number of carbonyl (C=O) groups is 4. The van der Waals surface area contributed by atoms with Gasteiger partial charge >= 0.3 is 11.9 Å². The van der Waals surface area contributed by atoms with Crippen molar-refractivity contribution in [2.75, 3.05) is 51.5 Å². The molecule has 0 saturated carbocycles. The van der Waals surface area contributed by atoms with Crippen LogP contribution in [0.2, 0.25) is 0 Å². The molecule has 0 bridgehead atoms. The molecular weight excluding hydrogens is 516 g/mol. The number of hydrogen-bond acceptors (Lipinski definition) is 8. The molecule has 2 atom stereocenters. The summed E-state index contributed by atoms with van der Waals surface area (Å²) in [5.74, 6) is -1.47. The number of benzene rings is 2. The van der Waals surface area contributed by atoms with Crippen LogP contribution in [0.4, 0.5) is 11.4 Å². The number of carbonyl (C=O) groups excluding carboxylic acids is 4. The van der Waals surface area contributed by atoms with Crippen LogP contribution in [0.1, 0.15) is 36.1 Å². The van der Waals surface area contributed by atoms with Gasteiger partial charge in [0.25, 0.3) is 11.8 Å². The molecule has 2 rings (SSSR count). The summed E-state index contributed by atoms with van der Waals surface area (Å²) >= 11 is 0. The number of amides is 2. The third kappa shape index (κ3) is 8.62. The molecule has 40 heavy (non-hydrogen) atoms. The third-order valence-corrected chi connectivity index (χ3v) is 6.29. The highest BCUT2D eigenvalue weighted by atomic mass is 16.5. The molecule has 2 unspecified atom stereocenters. The van der Waals surface area contributed by atoms with E-state index in [2.05, 4.69) is 0 Å². The van der Waals surface area contributed by atoms with E-state index in [9.17, 15) is 19.2 Å². The zero-order valence-corrected chi connectivity index (χ0v) is 25.2. The zero-order chi connectivity index (χ0) is 30.6. The highest BCUT2D eigenvalue weighted by molar-refractivity contribution is 6.02. The Kier molecular flexibility index (Phi) is 14.0.